The van der Waals surface area contributed by atoms with Crippen molar-refractivity contribution in [3.8, 4) is 0 Å². The Balaban J connectivity index is 2.57. The van der Waals surface area contributed by atoms with Gasteiger partial charge in [0.25, 0.3) is 0 Å². The van der Waals surface area contributed by atoms with E-state index in [1.54, 1.807) is 0 Å². The lowest BCUT2D eigenvalue weighted by Gasteiger charge is -2.29. The summed E-state index contributed by atoms with van der Waals surface area (Å²) in [5.41, 5.74) is 6.11. The summed E-state index contributed by atoms with van der Waals surface area (Å²) in [6, 6.07) is 0.976. The van der Waals surface area contributed by atoms with Crippen LogP contribution in [0.5, 0.6) is 0 Å². The lowest BCUT2D eigenvalue weighted by atomic mass is 9.96. The fourth-order valence-electron chi connectivity index (χ4n) is 2.39. The molecule has 0 amide bonds. The van der Waals surface area contributed by atoms with Gasteiger partial charge in [-0.05, 0) is 33.1 Å². The van der Waals surface area contributed by atoms with Gasteiger partial charge in [0, 0.05) is 12.6 Å². The molecule has 0 spiro atoms. The predicted molar refractivity (Wildman–Crippen MR) is 70.6 cm³/mol. The van der Waals surface area contributed by atoms with Crippen LogP contribution >= 0.6 is 0 Å². The Labute approximate surface area is 100 Å². The van der Waals surface area contributed by atoms with Crippen LogP contribution in [0.4, 0.5) is 0 Å². The second-order valence-corrected chi connectivity index (χ2v) is 4.82. The third-order valence-corrected chi connectivity index (χ3v) is 3.65. The molecular formula is C13H27N3. The van der Waals surface area contributed by atoms with Gasteiger partial charge in [0.05, 0.1) is 6.04 Å². The first-order chi connectivity index (χ1) is 7.69. The molecule has 0 aromatic rings. The lowest BCUT2D eigenvalue weighted by molar-refractivity contribution is 0.327. The molecule has 0 heterocycles. The maximum absolute atomic E-state index is 6.11. The van der Waals surface area contributed by atoms with E-state index in [9.17, 15) is 0 Å². The van der Waals surface area contributed by atoms with Gasteiger partial charge >= 0.3 is 0 Å². The van der Waals surface area contributed by atoms with E-state index in [0.717, 1.165) is 18.9 Å². The zero-order valence-electron chi connectivity index (χ0n) is 11.1. The zero-order valence-corrected chi connectivity index (χ0v) is 11.1. The van der Waals surface area contributed by atoms with Gasteiger partial charge in [0.15, 0.2) is 5.96 Å². The fraction of sp³-hybridized carbons (Fsp3) is 0.923. The average molecular weight is 225 g/mol. The number of guanidine groups is 1. The van der Waals surface area contributed by atoms with E-state index in [2.05, 4.69) is 25.7 Å². The van der Waals surface area contributed by atoms with Gasteiger partial charge < -0.3 is 10.6 Å². The molecule has 16 heavy (non-hydrogen) atoms. The minimum atomic E-state index is 0.479. The molecule has 1 aliphatic rings. The maximum Gasteiger partial charge on any atom is 0.191 e. The standard InChI is InChI=1S/C13H27N3/c1-4-11(3)16(5-2)13(14)15-12-9-7-6-8-10-12/h11-12H,4-10H2,1-3H3,(H2,14,15). The molecule has 94 valence electrons. The van der Waals surface area contributed by atoms with Crippen LogP contribution in [0.1, 0.15) is 59.3 Å². The van der Waals surface area contributed by atoms with Gasteiger partial charge in [0.1, 0.15) is 0 Å². The minimum absolute atomic E-state index is 0.479. The van der Waals surface area contributed by atoms with Crippen LogP contribution in [0, 0.1) is 0 Å². The molecule has 1 aliphatic carbocycles. The Kier molecular flexibility index (Phi) is 5.64. The van der Waals surface area contributed by atoms with Gasteiger partial charge in [-0.3, -0.25) is 0 Å². The Morgan fingerprint density at radius 3 is 2.44 bits per heavy atom. The molecule has 0 saturated heterocycles. The van der Waals surface area contributed by atoms with E-state index >= 15 is 0 Å². The second-order valence-electron chi connectivity index (χ2n) is 4.82. The van der Waals surface area contributed by atoms with Gasteiger partial charge in [-0.15, -0.1) is 0 Å². The predicted octanol–water partition coefficient (Wildman–Crippen LogP) is 2.75. The van der Waals surface area contributed by atoms with Crippen molar-refractivity contribution >= 4 is 5.96 Å². The molecule has 3 nitrogen and oxygen atoms in total. The topological polar surface area (TPSA) is 41.6 Å². The molecule has 2 N–H and O–H groups in total. The molecule has 1 atom stereocenters. The smallest absolute Gasteiger partial charge is 0.191 e. The molecule has 3 heteroatoms. The highest BCUT2D eigenvalue weighted by molar-refractivity contribution is 5.78. The number of rotatable bonds is 4. The van der Waals surface area contributed by atoms with Crippen molar-refractivity contribution in [1.82, 2.24) is 4.90 Å². The summed E-state index contributed by atoms with van der Waals surface area (Å²) in [6.45, 7) is 7.51. The van der Waals surface area contributed by atoms with E-state index < -0.39 is 0 Å². The molecule has 1 rings (SSSR count). The van der Waals surface area contributed by atoms with Crippen LogP contribution in [0.3, 0.4) is 0 Å². The van der Waals surface area contributed by atoms with Crippen molar-refractivity contribution in [2.75, 3.05) is 6.54 Å². The number of nitrogens with zero attached hydrogens (tertiary/aromatic N) is 2. The monoisotopic (exact) mass is 225 g/mol. The van der Waals surface area contributed by atoms with Crippen LogP contribution in [-0.4, -0.2) is 29.5 Å². The number of hydrogen-bond acceptors (Lipinski definition) is 1. The van der Waals surface area contributed by atoms with Gasteiger partial charge in [-0.2, -0.15) is 0 Å². The number of nitrogens with two attached hydrogens (primary N) is 1. The van der Waals surface area contributed by atoms with E-state index in [1.165, 1.54) is 32.1 Å². The Morgan fingerprint density at radius 2 is 1.94 bits per heavy atom. The fourth-order valence-corrected chi connectivity index (χ4v) is 2.39. The highest BCUT2D eigenvalue weighted by Gasteiger charge is 2.16. The quantitative estimate of drug-likeness (QED) is 0.590. The van der Waals surface area contributed by atoms with E-state index in [4.69, 9.17) is 10.7 Å². The van der Waals surface area contributed by atoms with Gasteiger partial charge in [-0.1, -0.05) is 26.2 Å². The van der Waals surface area contributed by atoms with Crippen molar-refractivity contribution in [2.24, 2.45) is 10.7 Å². The first-order valence-corrected chi connectivity index (χ1v) is 6.78. The Bertz CT molecular complexity index is 219. The molecule has 0 bridgehead atoms. The molecule has 1 fully saturated rings. The van der Waals surface area contributed by atoms with E-state index in [-0.39, 0.29) is 0 Å². The maximum atomic E-state index is 6.11. The lowest BCUT2D eigenvalue weighted by Crippen LogP contribution is -2.43. The Hall–Kier alpha value is -0.730. The first-order valence-electron chi connectivity index (χ1n) is 6.78. The first kappa shape index (κ1) is 13.3. The summed E-state index contributed by atoms with van der Waals surface area (Å²) in [5.74, 6) is 0.753. The highest BCUT2D eigenvalue weighted by atomic mass is 15.3. The third kappa shape index (κ3) is 3.69. The van der Waals surface area contributed by atoms with Gasteiger partial charge in [0.2, 0.25) is 0 Å². The molecule has 1 saturated carbocycles. The van der Waals surface area contributed by atoms with Crippen LogP contribution < -0.4 is 5.73 Å². The molecule has 0 aromatic carbocycles. The molecule has 0 radical (unpaired) electrons. The third-order valence-electron chi connectivity index (χ3n) is 3.65. The number of hydrogen-bond donors (Lipinski definition) is 1. The second kappa shape index (κ2) is 6.77. The SMILES string of the molecule is CCC(C)N(CC)C(N)=NC1CCCCC1. The zero-order chi connectivity index (χ0) is 12.0. The normalized spacial score (nSPS) is 20.8. The largest absolute Gasteiger partial charge is 0.370 e. The van der Waals surface area contributed by atoms with Crippen molar-refractivity contribution < 1.29 is 0 Å². The van der Waals surface area contributed by atoms with Crippen LogP contribution in [-0.2, 0) is 0 Å². The van der Waals surface area contributed by atoms with Crippen molar-refractivity contribution in [1.29, 1.82) is 0 Å². The molecule has 0 aromatic heterocycles. The van der Waals surface area contributed by atoms with Crippen molar-refractivity contribution in [3.05, 3.63) is 0 Å². The van der Waals surface area contributed by atoms with Crippen molar-refractivity contribution in [3.63, 3.8) is 0 Å². The van der Waals surface area contributed by atoms with Crippen LogP contribution in [0.2, 0.25) is 0 Å². The number of aliphatic imine (C=N–C) groups is 1. The molecule has 0 aliphatic heterocycles. The highest BCUT2D eigenvalue weighted by Crippen LogP contribution is 2.20. The van der Waals surface area contributed by atoms with Gasteiger partial charge in [-0.25, -0.2) is 4.99 Å². The summed E-state index contributed by atoms with van der Waals surface area (Å²) < 4.78 is 0. The summed E-state index contributed by atoms with van der Waals surface area (Å²) in [7, 11) is 0. The Morgan fingerprint density at radius 1 is 1.31 bits per heavy atom. The van der Waals surface area contributed by atoms with Crippen LogP contribution in [0.15, 0.2) is 4.99 Å². The summed E-state index contributed by atoms with van der Waals surface area (Å²) in [5, 5.41) is 0. The van der Waals surface area contributed by atoms with E-state index in [0.29, 0.717) is 12.1 Å². The molecular weight excluding hydrogens is 198 g/mol. The van der Waals surface area contributed by atoms with Crippen LogP contribution in [0.25, 0.3) is 0 Å². The van der Waals surface area contributed by atoms with E-state index in [1.807, 2.05) is 0 Å². The summed E-state index contributed by atoms with van der Waals surface area (Å²) in [4.78, 5) is 6.91. The van der Waals surface area contributed by atoms with Crippen molar-refractivity contribution in [2.45, 2.75) is 71.4 Å². The molecule has 1 unspecified atom stereocenters. The minimum Gasteiger partial charge on any atom is -0.370 e. The summed E-state index contributed by atoms with van der Waals surface area (Å²) >= 11 is 0. The summed E-state index contributed by atoms with van der Waals surface area (Å²) in [6.07, 6.45) is 7.56. The average Bonchev–Trinajstić information content (AvgIpc) is 2.31.